The first kappa shape index (κ1) is 17.6. The van der Waals surface area contributed by atoms with E-state index in [4.69, 9.17) is 4.42 Å². The highest BCUT2D eigenvalue weighted by Crippen LogP contribution is 2.24. The summed E-state index contributed by atoms with van der Waals surface area (Å²) in [5.74, 6) is -0.147. The molecule has 0 aliphatic carbocycles. The number of amides is 2. The Labute approximate surface area is 149 Å². The molecule has 0 saturated heterocycles. The quantitative estimate of drug-likeness (QED) is 0.593. The lowest BCUT2D eigenvalue weighted by Crippen LogP contribution is -2.36. The molecule has 0 saturated carbocycles. The van der Waals surface area contributed by atoms with Crippen LogP contribution in [0.25, 0.3) is 11.0 Å². The van der Waals surface area contributed by atoms with Crippen LogP contribution in [0.4, 0.5) is 0 Å². The van der Waals surface area contributed by atoms with Crippen LogP contribution in [0.2, 0.25) is 0 Å². The molecule has 2 amide bonds. The zero-order valence-corrected chi connectivity index (χ0v) is 14.8. The molecule has 0 unspecified atom stereocenters. The number of carbonyl (C=O) groups is 2. The molecule has 0 radical (unpaired) electrons. The minimum atomic E-state index is -0.340. The van der Waals surface area contributed by atoms with E-state index in [1.807, 2.05) is 20.8 Å². The van der Waals surface area contributed by atoms with Gasteiger partial charge in [0.15, 0.2) is 12.1 Å². The van der Waals surface area contributed by atoms with E-state index < -0.39 is 0 Å². The highest BCUT2D eigenvalue weighted by molar-refractivity contribution is 6.03. The SMILES string of the molecule is CC(C)(C)c1ocnc1C(=O)NCCNC(=O)c1ncnc2[nH]ccc12. The van der Waals surface area contributed by atoms with Gasteiger partial charge in [-0.1, -0.05) is 20.8 Å². The third-order valence-corrected chi connectivity index (χ3v) is 3.73. The molecule has 3 aromatic heterocycles. The van der Waals surface area contributed by atoms with Crippen molar-refractivity contribution in [2.75, 3.05) is 13.1 Å². The summed E-state index contributed by atoms with van der Waals surface area (Å²) >= 11 is 0. The van der Waals surface area contributed by atoms with Gasteiger partial charge in [0.25, 0.3) is 11.8 Å². The molecule has 26 heavy (non-hydrogen) atoms. The van der Waals surface area contributed by atoms with Gasteiger partial charge in [-0.25, -0.2) is 15.0 Å². The van der Waals surface area contributed by atoms with E-state index in [9.17, 15) is 9.59 Å². The van der Waals surface area contributed by atoms with Gasteiger partial charge in [-0.15, -0.1) is 0 Å². The summed E-state index contributed by atoms with van der Waals surface area (Å²) in [7, 11) is 0. The zero-order valence-electron chi connectivity index (χ0n) is 14.8. The van der Waals surface area contributed by atoms with E-state index in [2.05, 4.69) is 30.6 Å². The number of oxazole rings is 1. The predicted molar refractivity (Wildman–Crippen MR) is 93.8 cm³/mol. The van der Waals surface area contributed by atoms with Crippen LogP contribution in [-0.2, 0) is 5.41 Å². The number of H-pyrrole nitrogens is 1. The van der Waals surface area contributed by atoms with Gasteiger partial charge in [0.2, 0.25) is 0 Å². The number of aromatic amines is 1. The number of nitrogens with zero attached hydrogens (tertiary/aromatic N) is 3. The Balaban J connectivity index is 1.54. The van der Waals surface area contributed by atoms with Crippen molar-refractivity contribution in [3.63, 3.8) is 0 Å². The molecule has 3 rings (SSSR count). The first-order valence-corrected chi connectivity index (χ1v) is 8.16. The van der Waals surface area contributed by atoms with Gasteiger partial charge in [-0.3, -0.25) is 9.59 Å². The average molecular weight is 356 g/mol. The summed E-state index contributed by atoms with van der Waals surface area (Å²) in [5, 5.41) is 6.09. The third-order valence-electron chi connectivity index (χ3n) is 3.73. The normalized spacial score (nSPS) is 11.5. The Morgan fingerprint density at radius 3 is 2.46 bits per heavy atom. The van der Waals surface area contributed by atoms with Gasteiger partial charge < -0.3 is 20.0 Å². The molecule has 3 aromatic rings. The number of nitrogens with one attached hydrogen (secondary N) is 3. The summed E-state index contributed by atoms with van der Waals surface area (Å²) in [4.78, 5) is 39.5. The number of hydrogen-bond donors (Lipinski definition) is 3. The van der Waals surface area contributed by atoms with Gasteiger partial charge in [0.1, 0.15) is 23.4 Å². The Kier molecular flexibility index (Phi) is 4.70. The summed E-state index contributed by atoms with van der Waals surface area (Å²) in [5.41, 5.74) is 0.814. The first-order valence-electron chi connectivity index (χ1n) is 8.16. The molecule has 0 atom stereocenters. The van der Waals surface area contributed by atoms with Crippen LogP contribution in [-0.4, -0.2) is 44.8 Å². The first-order chi connectivity index (χ1) is 12.4. The van der Waals surface area contributed by atoms with Gasteiger partial charge >= 0.3 is 0 Å². The Morgan fingerprint density at radius 1 is 1.08 bits per heavy atom. The zero-order chi connectivity index (χ0) is 18.7. The maximum Gasteiger partial charge on any atom is 0.273 e. The molecule has 0 bridgehead atoms. The van der Waals surface area contributed by atoms with Crippen LogP contribution in [0.5, 0.6) is 0 Å². The number of rotatable bonds is 5. The lowest BCUT2D eigenvalue weighted by molar-refractivity contribution is 0.0922. The molecule has 0 fully saturated rings. The van der Waals surface area contributed by atoms with E-state index >= 15 is 0 Å². The van der Waals surface area contributed by atoms with Gasteiger partial charge in [0.05, 0.1) is 5.39 Å². The maximum absolute atomic E-state index is 12.3. The van der Waals surface area contributed by atoms with E-state index in [-0.39, 0.29) is 41.7 Å². The van der Waals surface area contributed by atoms with E-state index in [1.165, 1.54) is 12.7 Å². The second-order valence-corrected chi connectivity index (χ2v) is 6.75. The minimum absolute atomic E-state index is 0.252. The highest BCUT2D eigenvalue weighted by Gasteiger charge is 2.26. The molecule has 3 N–H and O–H groups in total. The fourth-order valence-electron chi connectivity index (χ4n) is 2.51. The Morgan fingerprint density at radius 2 is 1.77 bits per heavy atom. The Hall–Kier alpha value is -3.23. The molecule has 9 nitrogen and oxygen atoms in total. The van der Waals surface area contributed by atoms with Crippen molar-refractivity contribution >= 4 is 22.8 Å². The van der Waals surface area contributed by atoms with Crippen molar-refractivity contribution in [3.05, 3.63) is 42.1 Å². The number of aromatic nitrogens is 4. The molecule has 0 aliphatic heterocycles. The van der Waals surface area contributed by atoms with E-state index in [0.717, 1.165) is 0 Å². The number of hydrogen-bond acceptors (Lipinski definition) is 6. The molecule has 9 heteroatoms. The van der Waals surface area contributed by atoms with Crippen molar-refractivity contribution in [3.8, 4) is 0 Å². The van der Waals surface area contributed by atoms with Crippen molar-refractivity contribution < 1.29 is 14.0 Å². The van der Waals surface area contributed by atoms with Gasteiger partial charge in [0, 0.05) is 24.7 Å². The van der Waals surface area contributed by atoms with Crippen molar-refractivity contribution in [2.24, 2.45) is 0 Å². The fraction of sp³-hybridized carbons (Fsp3) is 0.353. The van der Waals surface area contributed by atoms with Crippen molar-refractivity contribution in [2.45, 2.75) is 26.2 Å². The second-order valence-electron chi connectivity index (χ2n) is 6.75. The van der Waals surface area contributed by atoms with E-state index in [1.54, 1.807) is 12.3 Å². The van der Waals surface area contributed by atoms with Crippen LogP contribution in [0, 0.1) is 0 Å². The van der Waals surface area contributed by atoms with Crippen LogP contribution < -0.4 is 10.6 Å². The molecule has 0 aliphatic rings. The molecule has 136 valence electrons. The third kappa shape index (κ3) is 3.56. The smallest absolute Gasteiger partial charge is 0.273 e. The minimum Gasteiger partial charge on any atom is -0.447 e. The topological polar surface area (TPSA) is 126 Å². The van der Waals surface area contributed by atoms with Crippen LogP contribution in [0.3, 0.4) is 0 Å². The lowest BCUT2D eigenvalue weighted by atomic mass is 9.91. The monoisotopic (exact) mass is 356 g/mol. The number of carbonyl (C=O) groups excluding carboxylic acids is 2. The lowest BCUT2D eigenvalue weighted by Gasteiger charge is -2.15. The average Bonchev–Trinajstić information content (AvgIpc) is 3.25. The van der Waals surface area contributed by atoms with Crippen LogP contribution in [0.15, 0.2) is 29.4 Å². The van der Waals surface area contributed by atoms with Crippen LogP contribution in [0.1, 0.15) is 47.5 Å². The fourth-order valence-corrected chi connectivity index (χ4v) is 2.51. The van der Waals surface area contributed by atoms with Crippen molar-refractivity contribution in [1.82, 2.24) is 30.6 Å². The van der Waals surface area contributed by atoms with Crippen LogP contribution >= 0.6 is 0 Å². The summed E-state index contributed by atoms with van der Waals surface area (Å²) in [6.45, 7) is 6.32. The van der Waals surface area contributed by atoms with Gasteiger partial charge in [-0.05, 0) is 6.07 Å². The van der Waals surface area contributed by atoms with E-state index in [0.29, 0.717) is 16.8 Å². The van der Waals surface area contributed by atoms with Gasteiger partial charge in [-0.2, -0.15) is 0 Å². The largest absolute Gasteiger partial charge is 0.447 e. The Bertz CT molecular complexity index is 937. The maximum atomic E-state index is 12.3. The molecule has 3 heterocycles. The summed E-state index contributed by atoms with van der Waals surface area (Å²) < 4.78 is 5.33. The summed E-state index contributed by atoms with van der Waals surface area (Å²) in [6, 6.07) is 1.74. The standard InChI is InChI=1S/C17H20N6O3/c1-17(2,3)13-12(23-9-26-13)16(25)20-7-6-19-15(24)11-10-4-5-18-14(10)22-8-21-11/h4-5,8-9H,6-7H2,1-3H3,(H,19,24)(H,20,25)(H,18,21,22). The van der Waals surface area contributed by atoms with Crippen molar-refractivity contribution in [1.29, 1.82) is 0 Å². The molecule has 0 spiro atoms. The predicted octanol–water partition coefficient (Wildman–Crippen LogP) is 1.40. The highest BCUT2D eigenvalue weighted by atomic mass is 16.3. The molecule has 0 aromatic carbocycles. The summed E-state index contributed by atoms with van der Waals surface area (Å²) in [6.07, 6.45) is 4.28. The number of fused-ring (bicyclic) bond motifs is 1. The molecular formula is C17H20N6O3. The second kappa shape index (κ2) is 6.95. The molecular weight excluding hydrogens is 336 g/mol.